The van der Waals surface area contributed by atoms with Gasteiger partial charge in [-0.15, -0.1) is 0 Å². The summed E-state index contributed by atoms with van der Waals surface area (Å²) in [6.45, 7) is 3.09. The van der Waals surface area contributed by atoms with E-state index in [2.05, 4.69) is 43.7 Å². The van der Waals surface area contributed by atoms with Crippen LogP contribution in [0.1, 0.15) is 32.6 Å². The first-order valence-corrected chi connectivity index (χ1v) is 18.0. The molecule has 1 rings (SSSR count). The zero-order valence-electron chi connectivity index (χ0n) is 11.3. The number of hydrogen-bond donors (Lipinski definition) is 0. The normalized spacial score (nSPS) is 11.8. The van der Waals surface area contributed by atoms with E-state index in [1.54, 1.807) is 2.89 Å². The molecule has 0 spiro atoms. The molecule has 0 fully saturated rings. The minimum atomic E-state index is -1.91. The van der Waals surface area contributed by atoms with Crippen molar-refractivity contribution in [3.63, 3.8) is 0 Å². The molecule has 0 bridgehead atoms. The number of ether oxygens (including phenoxy) is 1. The maximum absolute atomic E-state index is 5.86. The van der Waals surface area contributed by atoms with Gasteiger partial charge in [-0.05, 0) is 0 Å². The molecule has 0 N–H and O–H groups in total. The SMILES string of the molecule is CCCCCCOc1c[c]([Sn]([CH3])([CH3])[CH3])sc1Br. The molecule has 0 amide bonds. The van der Waals surface area contributed by atoms with Crippen molar-refractivity contribution in [2.24, 2.45) is 0 Å². The predicted octanol–water partition coefficient (Wildman–Crippen LogP) is 5.01. The first-order chi connectivity index (χ1) is 7.95. The molecule has 0 radical (unpaired) electrons. The van der Waals surface area contributed by atoms with Crippen molar-refractivity contribution in [1.29, 1.82) is 0 Å². The Kier molecular flexibility index (Phi) is 6.88. The summed E-state index contributed by atoms with van der Waals surface area (Å²) in [5.74, 6) is 1.06. The van der Waals surface area contributed by atoms with Gasteiger partial charge in [-0.1, -0.05) is 0 Å². The van der Waals surface area contributed by atoms with Crippen LogP contribution in [0.4, 0.5) is 0 Å². The average molecular weight is 426 g/mol. The van der Waals surface area contributed by atoms with Gasteiger partial charge in [0, 0.05) is 0 Å². The molecule has 1 nitrogen and oxygen atoms in total. The summed E-state index contributed by atoms with van der Waals surface area (Å²) < 4.78 is 8.61. The monoisotopic (exact) mass is 426 g/mol. The molecule has 0 saturated carbocycles. The van der Waals surface area contributed by atoms with Crippen molar-refractivity contribution in [2.75, 3.05) is 6.61 Å². The van der Waals surface area contributed by atoms with Crippen LogP contribution in [0.3, 0.4) is 0 Å². The molecule has 1 heterocycles. The third-order valence-electron chi connectivity index (χ3n) is 2.65. The average Bonchev–Trinajstić information content (AvgIpc) is 2.60. The first kappa shape index (κ1) is 15.8. The van der Waals surface area contributed by atoms with Gasteiger partial charge in [0.1, 0.15) is 0 Å². The molecule has 98 valence electrons. The van der Waals surface area contributed by atoms with E-state index in [1.165, 1.54) is 29.5 Å². The van der Waals surface area contributed by atoms with Crippen molar-refractivity contribution >= 4 is 48.5 Å². The number of halogens is 1. The topological polar surface area (TPSA) is 9.23 Å². The van der Waals surface area contributed by atoms with Crippen molar-refractivity contribution in [3.05, 3.63) is 9.85 Å². The fraction of sp³-hybridized carbons (Fsp3) is 0.692. The van der Waals surface area contributed by atoms with E-state index in [0.29, 0.717) is 0 Å². The molecule has 1 aromatic rings. The molecule has 0 atom stereocenters. The van der Waals surface area contributed by atoms with Gasteiger partial charge in [-0.25, -0.2) is 0 Å². The van der Waals surface area contributed by atoms with Crippen LogP contribution in [0, 0.1) is 0 Å². The molecule has 0 unspecified atom stereocenters. The summed E-state index contributed by atoms with van der Waals surface area (Å²) in [5, 5.41) is 0. The second-order valence-electron chi connectivity index (χ2n) is 5.41. The molecule has 17 heavy (non-hydrogen) atoms. The van der Waals surface area contributed by atoms with Crippen LogP contribution in [-0.2, 0) is 0 Å². The van der Waals surface area contributed by atoms with Crippen molar-refractivity contribution in [3.8, 4) is 5.75 Å². The predicted molar refractivity (Wildman–Crippen MR) is 84.6 cm³/mol. The van der Waals surface area contributed by atoms with Gasteiger partial charge in [0.15, 0.2) is 0 Å². The Morgan fingerprint density at radius 2 is 1.94 bits per heavy atom. The Balaban J connectivity index is 2.46. The van der Waals surface area contributed by atoms with Crippen LogP contribution in [0.2, 0.25) is 14.8 Å². The summed E-state index contributed by atoms with van der Waals surface area (Å²) >= 11 is 3.58. The molecule has 0 aromatic carbocycles. The van der Waals surface area contributed by atoms with Crippen LogP contribution in [0.15, 0.2) is 9.85 Å². The minimum absolute atomic E-state index is 0.856. The Hall–Kier alpha value is 0.779. The van der Waals surface area contributed by atoms with Gasteiger partial charge in [-0.2, -0.15) is 0 Å². The van der Waals surface area contributed by atoms with Crippen molar-refractivity contribution in [2.45, 2.75) is 47.4 Å². The maximum atomic E-state index is 5.86. The number of rotatable bonds is 7. The molecule has 4 heteroatoms. The standard InChI is InChI=1S/C10H14BrOS.3CH3.Sn/c1-2-3-4-5-7-12-9-6-8-13-10(9)11;;;;/h6H,2-5,7H2,1H3;3*1H3;. The van der Waals surface area contributed by atoms with Crippen molar-refractivity contribution < 1.29 is 4.74 Å². The second-order valence-corrected chi connectivity index (χ2v) is 23.2. The van der Waals surface area contributed by atoms with E-state index in [9.17, 15) is 0 Å². The van der Waals surface area contributed by atoms with E-state index in [0.717, 1.165) is 12.4 Å². The van der Waals surface area contributed by atoms with Crippen LogP contribution in [0.5, 0.6) is 5.75 Å². The third-order valence-corrected chi connectivity index (χ3v) is 13.9. The zero-order chi connectivity index (χ0) is 12.9. The van der Waals surface area contributed by atoms with E-state index in [-0.39, 0.29) is 0 Å². The van der Waals surface area contributed by atoms with Crippen molar-refractivity contribution in [1.82, 2.24) is 0 Å². The third kappa shape index (κ3) is 5.51. The molecule has 0 aliphatic heterocycles. The molecule has 0 saturated heterocycles. The summed E-state index contributed by atoms with van der Waals surface area (Å²) in [6, 6.07) is 2.27. The van der Waals surface area contributed by atoms with Gasteiger partial charge in [0.05, 0.1) is 0 Å². The van der Waals surface area contributed by atoms with E-state index >= 15 is 0 Å². The van der Waals surface area contributed by atoms with Gasteiger partial charge in [0.25, 0.3) is 0 Å². The van der Waals surface area contributed by atoms with E-state index in [4.69, 9.17) is 4.74 Å². The van der Waals surface area contributed by atoms with Crippen LogP contribution in [-0.4, -0.2) is 25.0 Å². The Bertz CT molecular complexity index is 344. The van der Waals surface area contributed by atoms with E-state index in [1.807, 2.05) is 11.3 Å². The Morgan fingerprint density at radius 3 is 2.47 bits per heavy atom. The van der Waals surface area contributed by atoms with Crippen LogP contribution >= 0.6 is 27.3 Å². The quantitative estimate of drug-likeness (QED) is 0.440. The van der Waals surface area contributed by atoms with Gasteiger partial charge < -0.3 is 0 Å². The summed E-state index contributed by atoms with van der Waals surface area (Å²) in [4.78, 5) is 7.33. The molecule has 0 aliphatic rings. The summed E-state index contributed by atoms with van der Waals surface area (Å²) in [7, 11) is 0. The molecular weight excluding hydrogens is 403 g/mol. The Morgan fingerprint density at radius 1 is 1.24 bits per heavy atom. The fourth-order valence-electron chi connectivity index (χ4n) is 1.53. The van der Waals surface area contributed by atoms with Gasteiger partial charge in [-0.3, -0.25) is 0 Å². The van der Waals surface area contributed by atoms with Crippen LogP contribution in [0.25, 0.3) is 0 Å². The Labute approximate surface area is 122 Å². The van der Waals surface area contributed by atoms with Gasteiger partial charge >= 0.3 is 123 Å². The van der Waals surface area contributed by atoms with Crippen LogP contribution < -0.4 is 7.63 Å². The molecule has 0 aliphatic carbocycles. The van der Waals surface area contributed by atoms with Gasteiger partial charge in [0.2, 0.25) is 0 Å². The molecule has 1 aromatic heterocycles. The summed E-state index contributed by atoms with van der Waals surface area (Å²) in [5.41, 5.74) is 0. The number of thiophene rings is 1. The number of hydrogen-bond acceptors (Lipinski definition) is 2. The fourth-order valence-corrected chi connectivity index (χ4v) is 9.55. The first-order valence-electron chi connectivity index (χ1n) is 6.37. The second kappa shape index (κ2) is 7.39. The number of unbranched alkanes of at least 4 members (excludes halogenated alkanes) is 3. The summed E-state index contributed by atoms with van der Waals surface area (Å²) in [6.07, 6.45) is 5.05. The molecular formula is C13H23BrOSSn. The zero-order valence-corrected chi connectivity index (χ0v) is 16.6. The van der Waals surface area contributed by atoms with E-state index < -0.39 is 18.4 Å².